The third-order valence-corrected chi connectivity index (χ3v) is 14.3. The molecule has 53 heavy (non-hydrogen) atoms. The molecule has 0 aromatic carbocycles. The molecule has 0 spiro atoms. The van der Waals surface area contributed by atoms with E-state index in [2.05, 4.69) is 6.92 Å². The van der Waals surface area contributed by atoms with E-state index in [9.17, 15) is 19.2 Å². The van der Waals surface area contributed by atoms with Gasteiger partial charge in [0, 0.05) is 12.3 Å². The Morgan fingerprint density at radius 2 is 1.34 bits per heavy atom. The van der Waals surface area contributed by atoms with Gasteiger partial charge in [-0.3, -0.25) is 19.2 Å². The highest BCUT2D eigenvalue weighted by Gasteiger charge is 2.61. The van der Waals surface area contributed by atoms with Gasteiger partial charge in [-0.05, 0) is 147 Å². The molecule has 8 rings (SSSR count). The summed E-state index contributed by atoms with van der Waals surface area (Å²) in [7, 11) is 1.38. The van der Waals surface area contributed by atoms with Crippen LogP contribution < -0.4 is 0 Å². The molecule has 0 amide bonds. The first-order chi connectivity index (χ1) is 22.0. The van der Waals surface area contributed by atoms with Gasteiger partial charge < -0.3 is 18.9 Å². The Kier molecular flexibility index (Phi) is 17.1. The average Bonchev–Trinajstić information content (AvgIpc) is 3.76. The summed E-state index contributed by atoms with van der Waals surface area (Å²) in [5.41, 5.74) is -3.68. The van der Waals surface area contributed by atoms with Crippen molar-refractivity contribution in [3.8, 4) is 0 Å². The predicted molar refractivity (Wildman–Crippen MR) is 216 cm³/mol. The lowest BCUT2D eigenvalue weighted by Crippen LogP contribution is -2.60. The first-order valence-electron chi connectivity index (χ1n) is 18.7. The van der Waals surface area contributed by atoms with E-state index >= 15 is 0 Å². The molecule has 8 aliphatic rings. The maximum atomic E-state index is 14.1. The van der Waals surface area contributed by atoms with Crippen LogP contribution in [-0.2, 0) is 38.1 Å². The van der Waals surface area contributed by atoms with Crippen LogP contribution in [0.1, 0.15) is 176 Å². The molecular formula is C45H84O8. The zero-order valence-electron chi connectivity index (χ0n) is 30.3. The van der Waals surface area contributed by atoms with Crippen molar-refractivity contribution >= 4 is 23.9 Å². The number of hydrogen-bond acceptors (Lipinski definition) is 8. The monoisotopic (exact) mass is 753 g/mol. The van der Waals surface area contributed by atoms with Crippen LogP contribution in [-0.4, -0.2) is 48.8 Å². The summed E-state index contributed by atoms with van der Waals surface area (Å²) in [5, 5.41) is 0. The smallest absolute Gasteiger partial charge is 0.312 e. The third kappa shape index (κ3) is 8.82. The molecule has 2 aliphatic heterocycles. The van der Waals surface area contributed by atoms with Crippen molar-refractivity contribution < 1.29 is 38.1 Å². The van der Waals surface area contributed by atoms with Crippen molar-refractivity contribution in [1.82, 2.24) is 0 Å². The van der Waals surface area contributed by atoms with E-state index in [0.717, 1.165) is 30.8 Å². The Balaban J connectivity index is 0.00000135. The van der Waals surface area contributed by atoms with E-state index in [-0.39, 0.29) is 80.9 Å². The minimum absolute atomic E-state index is 0. The van der Waals surface area contributed by atoms with Crippen LogP contribution in [0, 0.1) is 63.6 Å². The Morgan fingerprint density at radius 3 is 1.79 bits per heavy atom. The van der Waals surface area contributed by atoms with Crippen LogP contribution in [0.2, 0.25) is 0 Å². The average molecular weight is 753 g/mol. The van der Waals surface area contributed by atoms with E-state index in [4.69, 9.17) is 18.9 Å². The molecule has 2 heterocycles. The molecule has 8 heteroatoms. The minimum Gasteiger partial charge on any atom is -0.469 e. The van der Waals surface area contributed by atoms with Gasteiger partial charge in [-0.1, -0.05) is 58.4 Å². The van der Waals surface area contributed by atoms with Crippen LogP contribution in [0.5, 0.6) is 0 Å². The highest BCUT2D eigenvalue weighted by molar-refractivity contribution is 5.84. The summed E-state index contributed by atoms with van der Waals surface area (Å²) < 4.78 is 22.6. The molecule has 0 N–H and O–H groups in total. The lowest BCUT2D eigenvalue weighted by atomic mass is 9.49. The zero-order chi connectivity index (χ0) is 34.2. The quantitative estimate of drug-likeness (QED) is 0.169. The molecule has 0 radical (unpaired) electrons. The molecule has 8 nitrogen and oxygen atoms in total. The summed E-state index contributed by atoms with van der Waals surface area (Å²) in [6.07, 6.45) is 12.4. The van der Waals surface area contributed by atoms with Gasteiger partial charge in [0.1, 0.15) is 11.2 Å². The lowest BCUT2D eigenvalue weighted by Gasteiger charge is -2.60. The van der Waals surface area contributed by atoms with Gasteiger partial charge in [0.05, 0.1) is 35.9 Å². The van der Waals surface area contributed by atoms with E-state index in [1.807, 2.05) is 41.5 Å². The molecule has 6 saturated carbocycles. The van der Waals surface area contributed by atoms with E-state index < -0.39 is 27.8 Å². The number of esters is 4. The highest BCUT2D eigenvalue weighted by Crippen LogP contribution is 2.61. The Labute approximate surface area is 326 Å². The fourth-order valence-corrected chi connectivity index (χ4v) is 12.5. The van der Waals surface area contributed by atoms with Crippen molar-refractivity contribution in [2.45, 2.75) is 188 Å². The maximum absolute atomic E-state index is 14.1. The Bertz CT molecular complexity index is 1240. The number of carbonyl (C=O) groups is 4. The van der Waals surface area contributed by atoms with Crippen molar-refractivity contribution in [1.29, 1.82) is 0 Å². The summed E-state index contributed by atoms with van der Waals surface area (Å²) in [4.78, 5) is 51.4. The van der Waals surface area contributed by atoms with E-state index in [1.165, 1.54) is 58.5 Å². The Morgan fingerprint density at radius 1 is 0.792 bits per heavy atom. The van der Waals surface area contributed by atoms with Crippen molar-refractivity contribution in [3.05, 3.63) is 0 Å². The van der Waals surface area contributed by atoms with Gasteiger partial charge in [-0.25, -0.2) is 0 Å². The number of rotatable bonds is 9. The van der Waals surface area contributed by atoms with Crippen molar-refractivity contribution in [2.24, 2.45) is 63.6 Å². The fourth-order valence-electron chi connectivity index (χ4n) is 12.5. The lowest BCUT2D eigenvalue weighted by molar-refractivity contribution is -0.220. The molecule has 6 aliphatic carbocycles. The van der Waals surface area contributed by atoms with Gasteiger partial charge in [0.25, 0.3) is 0 Å². The molecule has 312 valence electrons. The second-order valence-electron chi connectivity index (χ2n) is 18.4. The van der Waals surface area contributed by atoms with E-state index in [0.29, 0.717) is 42.4 Å². The molecule has 0 aromatic heterocycles. The largest absolute Gasteiger partial charge is 0.469 e. The number of methoxy groups -OCH3 is 1. The predicted octanol–water partition coefficient (Wildman–Crippen LogP) is 11.3. The molecule has 6 bridgehead atoms. The SMILES string of the molecule is C.C.C.C.C.C.CCC(C)(CC(C)(CC1(C)CC(C)(C)OC1=O)C(=O)OC)C(=O)OC1(CC)C2CC3CC(C2)CC1C3.O=C1OCC2C3CCC(C3)C12. The first-order valence-corrected chi connectivity index (χ1v) is 18.7. The normalized spacial score (nSPS) is 38.0. The number of ether oxygens (including phenoxy) is 4. The molecule has 7 unspecified atom stereocenters. The van der Waals surface area contributed by atoms with Crippen LogP contribution >= 0.6 is 0 Å². The summed E-state index contributed by atoms with van der Waals surface area (Å²) in [6.45, 7) is 14.3. The van der Waals surface area contributed by atoms with Crippen LogP contribution in [0.4, 0.5) is 0 Å². The van der Waals surface area contributed by atoms with E-state index in [1.54, 1.807) is 0 Å². The topological polar surface area (TPSA) is 105 Å². The molecule has 8 fully saturated rings. The number of carbonyl (C=O) groups excluding carboxylic acids is 4. The third-order valence-electron chi connectivity index (χ3n) is 14.3. The van der Waals surface area contributed by atoms with Crippen molar-refractivity contribution in [2.75, 3.05) is 13.7 Å². The fraction of sp³-hybridized carbons (Fsp3) is 0.911. The second kappa shape index (κ2) is 17.8. The molecule has 0 aromatic rings. The molecular weight excluding hydrogens is 668 g/mol. The maximum Gasteiger partial charge on any atom is 0.312 e. The standard InChI is InChI=1S/C30H48O6.C9H12O2.6CH4/c1-9-27(5,17-29(7,23(31)34-8)18-28(6)16-26(3,4)35-25(28)33)24(32)36-30(10-2)21-12-19-11-20(14-21)15-22(30)13-19;10-9-8-6-2-1-5(3-6)7(8)4-11-9;;;;;;/h19-22H,9-18H2,1-8H3;5-8H,1-4H2;6*1H4. The highest BCUT2D eigenvalue weighted by atomic mass is 16.6. The van der Waals surface area contributed by atoms with Gasteiger partial charge in [0.2, 0.25) is 0 Å². The van der Waals surface area contributed by atoms with Crippen molar-refractivity contribution in [3.63, 3.8) is 0 Å². The summed E-state index contributed by atoms with van der Waals surface area (Å²) >= 11 is 0. The zero-order valence-corrected chi connectivity index (χ0v) is 30.3. The van der Waals surface area contributed by atoms with Crippen LogP contribution in [0.25, 0.3) is 0 Å². The van der Waals surface area contributed by atoms with Gasteiger partial charge in [0.15, 0.2) is 0 Å². The second-order valence-corrected chi connectivity index (χ2v) is 18.4. The summed E-state index contributed by atoms with van der Waals surface area (Å²) in [6, 6.07) is 0. The first kappa shape index (κ1) is 50.9. The number of fused-ring (bicyclic) bond motifs is 5. The number of cyclic esters (lactones) is 2. The van der Waals surface area contributed by atoms with Gasteiger partial charge in [-0.2, -0.15) is 0 Å². The summed E-state index contributed by atoms with van der Waals surface area (Å²) in [5.74, 6) is 4.15. The molecule has 7 atom stereocenters. The minimum atomic E-state index is -1.03. The van der Waals surface area contributed by atoms with Crippen LogP contribution in [0.15, 0.2) is 0 Å². The van der Waals surface area contributed by atoms with Crippen LogP contribution in [0.3, 0.4) is 0 Å². The molecule has 2 saturated heterocycles. The van der Waals surface area contributed by atoms with Gasteiger partial charge in [-0.15, -0.1) is 0 Å². The number of hydrogen-bond donors (Lipinski definition) is 0. The Hall–Kier alpha value is -2.12. The van der Waals surface area contributed by atoms with Gasteiger partial charge >= 0.3 is 23.9 Å².